The highest BCUT2D eigenvalue weighted by Gasteiger charge is 2.21. The molecule has 0 aromatic heterocycles. The van der Waals surface area contributed by atoms with Crippen LogP contribution in [0.3, 0.4) is 0 Å². The van der Waals surface area contributed by atoms with E-state index in [1.54, 1.807) is 19.0 Å². The summed E-state index contributed by atoms with van der Waals surface area (Å²) in [6.45, 7) is 10.0. The van der Waals surface area contributed by atoms with Crippen molar-refractivity contribution < 1.29 is 4.79 Å². The summed E-state index contributed by atoms with van der Waals surface area (Å²) >= 11 is 0. The Balaban J connectivity index is 1.88. The summed E-state index contributed by atoms with van der Waals surface area (Å²) in [6, 6.07) is 11.4. The summed E-state index contributed by atoms with van der Waals surface area (Å²) in [7, 11) is 3.54. The first kappa shape index (κ1) is 24.2. The molecule has 6 heteroatoms. The van der Waals surface area contributed by atoms with Crippen LogP contribution >= 0.6 is 0 Å². The summed E-state index contributed by atoms with van der Waals surface area (Å²) in [5.74, 6) is 1.47. The highest BCUT2D eigenvalue weighted by molar-refractivity contribution is 5.85. The van der Waals surface area contributed by atoms with E-state index in [0.29, 0.717) is 18.0 Å². The van der Waals surface area contributed by atoms with Crippen molar-refractivity contribution in [3.8, 4) is 0 Å². The van der Waals surface area contributed by atoms with Gasteiger partial charge in [0.15, 0.2) is 5.96 Å². The zero-order chi connectivity index (χ0) is 21.9. The predicted molar refractivity (Wildman–Crippen MR) is 126 cm³/mol. The normalized spacial score (nSPS) is 17.1. The van der Waals surface area contributed by atoms with E-state index in [0.717, 1.165) is 44.9 Å². The van der Waals surface area contributed by atoms with Gasteiger partial charge in [0.2, 0.25) is 5.91 Å². The molecule has 2 N–H and O–H groups in total. The molecule has 168 valence electrons. The van der Waals surface area contributed by atoms with Crippen LogP contribution in [0.1, 0.15) is 52.0 Å². The van der Waals surface area contributed by atoms with E-state index >= 15 is 0 Å². The van der Waals surface area contributed by atoms with Crippen molar-refractivity contribution in [3.63, 3.8) is 0 Å². The van der Waals surface area contributed by atoms with E-state index in [2.05, 4.69) is 71.6 Å². The van der Waals surface area contributed by atoms with E-state index in [-0.39, 0.29) is 12.5 Å². The standard InChI is InChI=1S/C24H41N5O/c1-19(2)11-12-20(3)26-24(25-17-23(30)28(4)5)27-22-13-15-29(16-14-22)18-21-9-7-6-8-10-21/h6-10,19-20,22H,11-18H2,1-5H3,(H2,25,26,27). The van der Waals surface area contributed by atoms with Gasteiger partial charge in [-0.15, -0.1) is 0 Å². The van der Waals surface area contributed by atoms with Crippen molar-refractivity contribution in [1.82, 2.24) is 20.4 Å². The van der Waals surface area contributed by atoms with Crippen LogP contribution in [0.5, 0.6) is 0 Å². The number of nitrogens with zero attached hydrogens (tertiary/aromatic N) is 3. The third kappa shape index (κ3) is 9.16. The van der Waals surface area contributed by atoms with Crippen LogP contribution in [0.25, 0.3) is 0 Å². The van der Waals surface area contributed by atoms with Gasteiger partial charge in [0, 0.05) is 45.8 Å². The molecule has 1 saturated heterocycles. The molecule has 1 aliphatic rings. The lowest BCUT2D eigenvalue weighted by Crippen LogP contribution is -2.50. The zero-order valence-corrected chi connectivity index (χ0v) is 19.5. The van der Waals surface area contributed by atoms with Gasteiger partial charge in [-0.05, 0) is 44.1 Å². The van der Waals surface area contributed by atoms with Crippen molar-refractivity contribution in [2.45, 2.75) is 65.1 Å². The predicted octanol–water partition coefficient (Wildman–Crippen LogP) is 3.10. The number of carbonyl (C=O) groups is 1. The number of carbonyl (C=O) groups excluding carboxylic acids is 1. The largest absolute Gasteiger partial charge is 0.354 e. The van der Waals surface area contributed by atoms with Gasteiger partial charge in [-0.3, -0.25) is 9.69 Å². The van der Waals surface area contributed by atoms with Crippen LogP contribution in [0.2, 0.25) is 0 Å². The number of likely N-dealkylation sites (tertiary alicyclic amines) is 1. The minimum absolute atomic E-state index is 0.0172. The number of hydrogen-bond donors (Lipinski definition) is 2. The van der Waals surface area contributed by atoms with Crippen molar-refractivity contribution >= 4 is 11.9 Å². The molecule has 2 rings (SSSR count). The molecule has 6 nitrogen and oxygen atoms in total. The second-order valence-corrected chi connectivity index (χ2v) is 9.15. The number of hydrogen-bond acceptors (Lipinski definition) is 3. The molecular formula is C24H41N5O. The topological polar surface area (TPSA) is 60.0 Å². The molecule has 1 aromatic rings. The molecule has 0 saturated carbocycles. The number of guanidine groups is 1. The zero-order valence-electron chi connectivity index (χ0n) is 19.5. The summed E-state index contributed by atoms with van der Waals surface area (Å²) < 4.78 is 0. The van der Waals surface area contributed by atoms with Gasteiger partial charge >= 0.3 is 0 Å². The molecule has 1 heterocycles. The maximum atomic E-state index is 12.0. The molecule has 1 aromatic carbocycles. The quantitative estimate of drug-likeness (QED) is 0.481. The minimum atomic E-state index is 0.0172. The Morgan fingerprint density at radius 3 is 2.40 bits per heavy atom. The molecule has 0 radical (unpaired) electrons. The van der Waals surface area contributed by atoms with Gasteiger partial charge in [0.25, 0.3) is 0 Å². The Labute approximate surface area is 183 Å². The number of aliphatic imine (C=N–C) groups is 1. The average molecular weight is 416 g/mol. The van der Waals surface area contributed by atoms with Crippen LogP contribution in [0.15, 0.2) is 35.3 Å². The second-order valence-electron chi connectivity index (χ2n) is 9.15. The lowest BCUT2D eigenvalue weighted by atomic mass is 10.0. The Hall–Kier alpha value is -2.08. The van der Waals surface area contributed by atoms with Gasteiger partial charge in [-0.2, -0.15) is 0 Å². The van der Waals surface area contributed by atoms with E-state index in [4.69, 9.17) is 0 Å². The van der Waals surface area contributed by atoms with E-state index in [9.17, 15) is 4.79 Å². The second kappa shape index (κ2) is 12.6. The van der Waals surface area contributed by atoms with Crippen molar-refractivity contribution in [2.24, 2.45) is 10.9 Å². The lowest BCUT2D eigenvalue weighted by Gasteiger charge is -2.33. The monoisotopic (exact) mass is 415 g/mol. The van der Waals surface area contributed by atoms with Crippen molar-refractivity contribution in [2.75, 3.05) is 33.7 Å². The van der Waals surface area contributed by atoms with E-state index in [1.165, 1.54) is 12.0 Å². The Morgan fingerprint density at radius 2 is 1.80 bits per heavy atom. The highest BCUT2D eigenvalue weighted by Crippen LogP contribution is 2.14. The first-order chi connectivity index (χ1) is 14.3. The Morgan fingerprint density at radius 1 is 1.13 bits per heavy atom. The molecule has 1 fully saturated rings. The fraction of sp³-hybridized carbons (Fsp3) is 0.667. The molecule has 1 aliphatic heterocycles. The van der Waals surface area contributed by atoms with E-state index in [1.807, 2.05) is 0 Å². The summed E-state index contributed by atoms with van der Waals surface area (Å²) in [6.07, 6.45) is 4.43. The molecule has 30 heavy (non-hydrogen) atoms. The maximum absolute atomic E-state index is 12.0. The first-order valence-corrected chi connectivity index (χ1v) is 11.4. The fourth-order valence-electron chi connectivity index (χ4n) is 3.58. The van der Waals surface area contributed by atoms with Gasteiger partial charge < -0.3 is 15.5 Å². The SMILES string of the molecule is CC(C)CCC(C)NC(=NCC(=O)N(C)C)NC1CCN(Cc2ccccc2)CC1. The van der Waals surface area contributed by atoms with Gasteiger partial charge in [-0.1, -0.05) is 44.2 Å². The summed E-state index contributed by atoms with van der Waals surface area (Å²) in [5, 5.41) is 7.11. The number of amides is 1. The Bertz CT molecular complexity index is 651. The molecule has 1 unspecified atom stereocenters. The lowest BCUT2D eigenvalue weighted by molar-refractivity contribution is -0.127. The third-order valence-corrected chi connectivity index (χ3v) is 5.61. The highest BCUT2D eigenvalue weighted by atomic mass is 16.2. The van der Waals surface area contributed by atoms with Gasteiger partial charge in [-0.25, -0.2) is 4.99 Å². The van der Waals surface area contributed by atoms with Crippen LogP contribution in [-0.2, 0) is 11.3 Å². The molecule has 0 spiro atoms. The maximum Gasteiger partial charge on any atom is 0.243 e. The molecule has 0 aliphatic carbocycles. The molecule has 1 amide bonds. The summed E-state index contributed by atoms with van der Waals surface area (Å²) in [5.41, 5.74) is 1.37. The minimum Gasteiger partial charge on any atom is -0.354 e. The van der Waals surface area contributed by atoms with Gasteiger partial charge in [0.05, 0.1) is 0 Å². The van der Waals surface area contributed by atoms with Crippen LogP contribution in [0.4, 0.5) is 0 Å². The number of likely N-dealkylation sites (N-methyl/N-ethyl adjacent to an activating group) is 1. The molecular weight excluding hydrogens is 374 g/mol. The number of nitrogens with one attached hydrogen (secondary N) is 2. The Kier molecular flexibility index (Phi) is 10.1. The number of piperidine rings is 1. The van der Waals surface area contributed by atoms with Gasteiger partial charge in [0.1, 0.15) is 6.54 Å². The summed E-state index contributed by atoms with van der Waals surface area (Å²) in [4.78, 5) is 20.7. The van der Waals surface area contributed by atoms with Crippen LogP contribution in [0, 0.1) is 5.92 Å². The number of benzene rings is 1. The smallest absolute Gasteiger partial charge is 0.243 e. The first-order valence-electron chi connectivity index (χ1n) is 11.4. The fourth-order valence-corrected chi connectivity index (χ4v) is 3.58. The van der Waals surface area contributed by atoms with Crippen molar-refractivity contribution in [3.05, 3.63) is 35.9 Å². The molecule has 0 bridgehead atoms. The van der Waals surface area contributed by atoms with Crippen molar-refractivity contribution in [1.29, 1.82) is 0 Å². The molecule has 1 atom stereocenters. The van der Waals surface area contributed by atoms with Crippen LogP contribution < -0.4 is 10.6 Å². The van der Waals surface area contributed by atoms with E-state index < -0.39 is 0 Å². The van der Waals surface area contributed by atoms with Crippen LogP contribution in [-0.4, -0.2) is 67.5 Å². The number of rotatable bonds is 9. The third-order valence-electron chi connectivity index (χ3n) is 5.61. The average Bonchev–Trinajstić information content (AvgIpc) is 2.72.